The largest absolute Gasteiger partial charge is 0.356 e. The van der Waals surface area contributed by atoms with Crippen molar-refractivity contribution in [2.24, 2.45) is 4.99 Å². The number of nitrogens with one attached hydrogen (secondary N) is 3. The molecule has 1 atom stereocenters. The predicted molar refractivity (Wildman–Crippen MR) is 139 cm³/mol. The summed E-state index contributed by atoms with van der Waals surface area (Å²) in [6, 6.07) is 8.41. The molecular weight excluding hydrogens is 541 g/mol. The van der Waals surface area contributed by atoms with Gasteiger partial charge in [0.15, 0.2) is 15.8 Å². The van der Waals surface area contributed by atoms with Crippen molar-refractivity contribution in [3.05, 3.63) is 35.4 Å². The first kappa shape index (κ1) is 26.8. The van der Waals surface area contributed by atoms with E-state index in [0.717, 1.165) is 6.54 Å². The maximum Gasteiger partial charge on any atom is 0.222 e. The monoisotopic (exact) mass is 577 g/mol. The van der Waals surface area contributed by atoms with E-state index in [1.807, 2.05) is 0 Å². The Labute approximate surface area is 208 Å². The number of nitrogens with zero attached hydrogens (tertiary/aromatic N) is 2. The van der Waals surface area contributed by atoms with Crippen LogP contribution in [-0.2, 0) is 27.7 Å². The Kier molecular flexibility index (Phi) is 11.2. The molecule has 0 radical (unpaired) electrons. The number of rotatable bonds is 8. The Bertz CT molecular complexity index is 855. The van der Waals surface area contributed by atoms with E-state index in [9.17, 15) is 13.2 Å². The second-order valence-corrected chi connectivity index (χ2v) is 10.7. The normalized spacial score (nSPS) is 20.9. The van der Waals surface area contributed by atoms with Crippen LogP contribution in [0.4, 0.5) is 0 Å². The highest BCUT2D eigenvalue weighted by Crippen LogP contribution is 2.14. The van der Waals surface area contributed by atoms with E-state index in [1.54, 1.807) is 7.05 Å². The first-order valence-corrected chi connectivity index (χ1v) is 13.0. The van der Waals surface area contributed by atoms with E-state index in [4.69, 9.17) is 0 Å². The topological polar surface area (TPSA) is 103 Å². The lowest BCUT2D eigenvalue weighted by atomic mass is 10.1. The third-order valence-electron chi connectivity index (χ3n) is 5.80. The number of likely N-dealkylation sites (tertiary alicyclic amines) is 1. The van der Waals surface area contributed by atoms with Crippen LogP contribution in [0.3, 0.4) is 0 Å². The number of halogens is 1. The summed E-state index contributed by atoms with van der Waals surface area (Å²) >= 11 is 0. The zero-order valence-electron chi connectivity index (χ0n) is 18.8. The number of sulfone groups is 1. The highest BCUT2D eigenvalue weighted by Gasteiger charge is 2.28. The molecule has 0 spiro atoms. The zero-order valence-corrected chi connectivity index (χ0v) is 22.0. The van der Waals surface area contributed by atoms with Gasteiger partial charge in [-0.05, 0) is 43.5 Å². The molecule has 3 rings (SSSR count). The molecule has 2 heterocycles. The highest BCUT2D eigenvalue weighted by molar-refractivity contribution is 14.0. The highest BCUT2D eigenvalue weighted by atomic mass is 127. The van der Waals surface area contributed by atoms with Gasteiger partial charge in [-0.25, -0.2) is 8.42 Å². The number of aliphatic imine (C=N–C) groups is 1. The van der Waals surface area contributed by atoms with Gasteiger partial charge in [-0.1, -0.05) is 30.7 Å². The summed E-state index contributed by atoms with van der Waals surface area (Å²) in [6.45, 7) is 4.49. The fraction of sp³-hybridized carbons (Fsp3) is 0.636. The maximum absolute atomic E-state index is 12.0. The van der Waals surface area contributed by atoms with Crippen LogP contribution in [0.1, 0.15) is 43.2 Å². The van der Waals surface area contributed by atoms with Gasteiger partial charge in [-0.2, -0.15) is 0 Å². The number of hydrogen-bond donors (Lipinski definition) is 3. The second-order valence-electron chi connectivity index (χ2n) is 8.42. The van der Waals surface area contributed by atoms with Crippen LogP contribution in [0.5, 0.6) is 0 Å². The van der Waals surface area contributed by atoms with Crippen LogP contribution >= 0.6 is 24.0 Å². The van der Waals surface area contributed by atoms with Gasteiger partial charge >= 0.3 is 0 Å². The molecule has 2 fully saturated rings. The van der Waals surface area contributed by atoms with Crippen LogP contribution in [0, 0.1) is 0 Å². The number of carbonyl (C=O) groups excluding carboxylic acids is 1. The third-order valence-corrected chi connectivity index (χ3v) is 7.57. The molecule has 1 aromatic carbocycles. The molecule has 3 N–H and O–H groups in total. The number of hydrogen-bond acceptors (Lipinski definition) is 5. The molecule has 0 aliphatic carbocycles. The SMILES string of the molecule is CN=C(NCCC(=O)NC1CCS(=O)(=O)C1)NCc1ccc(CN2CCCCC2)cc1.I. The summed E-state index contributed by atoms with van der Waals surface area (Å²) in [5.41, 5.74) is 2.51. The summed E-state index contributed by atoms with van der Waals surface area (Å²) in [5.74, 6) is 0.695. The van der Waals surface area contributed by atoms with Crippen LogP contribution < -0.4 is 16.0 Å². The molecule has 180 valence electrons. The lowest BCUT2D eigenvalue weighted by molar-refractivity contribution is -0.121. The van der Waals surface area contributed by atoms with E-state index in [2.05, 4.69) is 50.1 Å². The van der Waals surface area contributed by atoms with Gasteiger partial charge in [0.05, 0.1) is 11.5 Å². The van der Waals surface area contributed by atoms with Crippen LogP contribution in [0.15, 0.2) is 29.3 Å². The van der Waals surface area contributed by atoms with Gasteiger partial charge in [-0.15, -0.1) is 24.0 Å². The number of piperidine rings is 1. The van der Waals surface area contributed by atoms with Crippen molar-refractivity contribution in [1.29, 1.82) is 0 Å². The minimum absolute atomic E-state index is 0. The first-order valence-electron chi connectivity index (χ1n) is 11.2. The molecule has 0 saturated carbocycles. The van der Waals surface area contributed by atoms with E-state index in [1.165, 1.54) is 43.5 Å². The van der Waals surface area contributed by atoms with Gasteiger partial charge in [0.2, 0.25) is 5.91 Å². The molecule has 0 bridgehead atoms. The average Bonchev–Trinajstić information content (AvgIpc) is 3.10. The fourth-order valence-corrected chi connectivity index (χ4v) is 5.72. The van der Waals surface area contributed by atoms with Crippen molar-refractivity contribution in [2.75, 3.05) is 38.2 Å². The molecule has 2 aliphatic heterocycles. The molecule has 1 unspecified atom stereocenters. The summed E-state index contributed by atoms with van der Waals surface area (Å²) < 4.78 is 22.9. The minimum atomic E-state index is -2.99. The average molecular weight is 578 g/mol. The Hall–Kier alpha value is -1.40. The molecule has 2 saturated heterocycles. The Morgan fingerprint density at radius 2 is 1.78 bits per heavy atom. The van der Waals surface area contributed by atoms with Gasteiger partial charge in [-0.3, -0.25) is 14.7 Å². The summed E-state index contributed by atoms with van der Waals surface area (Å²) in [7, 11) is -1.29. The Morgan fingerprint density at radius 3 is 2.41 bits per heavy atom. The van der Waals surface area contributed by atoms with Crippen molar-refractivity contribution in [1.82, 2.24) is 20.9 Å². The van der Waals surface area contributed by atoms with Crippen LogP contribution in [-0.4, -0.2) is 69.4 Å². The van der Waals surface area contributed by atoms with Crippen LogP contribution in [0.2, 0.25) is 0 Å². The van der Waals surface area contributed by atoms with Crippen LogP contribution in [0.25, 0.3) is 0 Å². The molecule has 2 aliphatic rings. The Morgan fingerprint density at radius 1 is 1.09 bits per heavy atom. The maximum atomic E-state index is 12.0. The molecule has 1 amide bonds. The number of carbonyl (C=O) groups is 1. The summed E-state index contributed by atoms with van der Waals surface area (Å²) in [4.78, 5) is 18.7. The van der Waals surface area contributed by atoms with Crippen molar-refractivity contribution in [3.8, 4) is 0 Å². The summed E-state index contributed by atoms with van der Waals surface area (Å²) in [5, 5.41) is 9.19. The van der Waals surface area contributed by atoms with Crippen molar-refractivity contribution in [2.45, 2.75) is 51.2 Å². The quantitative estimate of drug-likeness (QED) is 0.247. The standard InChI is InChI=1S/C22H35N5O3S.HI/c1-23-22(24-11-9-21(28)26-20-10-14-31(29,30)17-20)25-15-18-5-7-19(8-6-18)16-27-12-3-2-4-13-27;/h5-8,20H,2-4,9-17H2,1H3,(H,26,28)(H2,23,24,25);1H. The van der Waals surface area contributed by atoms with E-state index in [0.29, 0.717) is 25.5 Å². The van der Waals surface area contributed by atoms with E-state index >= 15 is 0 Å². The number of benzene rings is 1. The van der Waals surface area contributed by atoms with Crippen molar-refractivity contribution < 1.29 is 13.2 Å². The van der Waals surface area contributed by atoms with E-state index in [-0.39, 0.29) is 53.9 Å². The van der Waals surface area contributed by atoms with Crippen molar-refractivity contribution in [3.63, 3.8) is 0 Å². The second kappa shape index (κ2) is 13.3. The minimum Gasteiger partial charge on any atom is -0.356 e. The Balaban J connectivity index is 0.00000363. The van der Waals surface area contributed by atoms with Gasteiger partial charge in [0.25, 0.3) is 0 Å². The zero-order chi connectivity index (χ0) is 22.1. The third kappa shape index (κ3) is 9.22. The molecule has 32 heavy (non-hydrogen) atoms. The lowest BCUT2D eigenvalue weighted by Crippen LogP contribution is -2.40. The lowest BCUT2D eigenvalue weighted by Gasteiger charge is -2.26. The number of guanidine groups is 1. The number of amides is 1. The van der Waals surface area contributed by atoms with Gasteiger partial charge in [0.1, 0.15) is 0 Å². The predicted octanol–water partition coefficient (Wildman–Crippen LogP) is 1.65. The summed E-state index contributed by atoms with van der Waals surface area (Å²) in [6.07, 6.45) is 4.73. The molecule has 0 aromatic heterocycles. The fourth-order valence-electron chi connectivity index (χ4n) is 4.05. The molecular formula is C22H36IN5O3S. The smallest absolute Gasteiger partial charge is 0.222 e. The van der Waals surface area contributed by atoms with E-state index < -0.39 is 9.84 Å². The van der Waals surface area contributed by atoms with Gasteiger partial charge in [0, 0.05) is 39.1 Å². The van der Waals surface area contributed by atoms with Gasteiger partial charge < -0.3 is 16.0 Å². The molecule has 8 nitrogen and oxygen atoms in total. The molecule has 10 heteroatoms. The first-order chi connectivity index (χ1) is 14.9. The molecule has 1 aromatic rings. The van der Waals surface area contributed by atoms with Crippen molar-refractivity contribution >= 4 is 45.7 Å².